The molecule has 0 unspecified atom stereocenters. The van der Waals surface area contributed by atoms with Gasteiger partial charge < -0.3 is 20.1 Å². The fraction of sp³-hybridized carbons (Fsp3) is 0.188. The average molecular weight is 540 g/mol. The number of anilines is 2. The molecule has 40 heavy (non-hydrogen) atoms. The van der Waals surface area contributed by atoms with Crippen LogP contribution in [0, 0.1) is 5.82 Å². The maximum absolute atomic E-state index is 13.6. The van der Waals surface area contributed by atoms with E-state index in [0.29, 0.717) is 37.6 Å². The molecule has 4 aromatic carbocycles. The molecule has 1 aliphatic rings. The Morgan fingerprint density at radius 1 is 0.900 bits per heavy atom. The maximum Gasteiger partial charge on any atom is 0.258 e. The zero-order chi connectivity index (χ0) is 27.9. The molecule has 2 amide bonds. The molecule has 8 heteroatoms. The first-order valence-corrected chi connectivity index (χ1v) is 13.2. The van der Waals surface area contributed by atoms with Gasteiger partial charge in [-0.1, -0.05) is 48.5 Å². The van der Waals surface area contributed by atoms with E-state index in [1.807, 2.05) is 42.5 Å². The summed E-state index contributed by atoms with van der Waals surface area (Å²) in [6.45, 7) is 3.82. The first-order valence-electron chi connectivity index (χ1n) is 13.2. The number of ether oxygens (including phenoxy) is 1. The van der Waals surface area contributed by atoms with Crippen LogP contribution in [0.25, 0.3) is 11.1 Å². The molecule has 0 saturated carbocycles. The predicted molar refractivity (Wildman–Crippen MR) is 153 cm³/mol. The van der Waals surface area contributed by atoms with E-state index in [4.69, 9.17) is 4.74 Å². The maximum atomic E-state index is 13.6. The van der Waals surface area contributed by atoms with Crippen LogP contribution in [0.1, 0.15) is 20.7 Å². The number of morpholine rings is 1. The smallest absolute Gasteiger partial charge is 0.258 e. The Morgan fingerprint density at radius 3 is 2.33 bits per heavy atom. The summed E-state index contributed by atoms with van der Waals surface area (Å²) in [6, 6.07) is 27.0. The van der Waals surface area contributed by atoms with Crippen molar-refractivity contribution in [3.05, 3.63) is 114 Å². The van der Waals surface area contributed by atoms with Gasteiger partial charge in [-0.3, -0.25) is 14.5 Å². The number of nitrogens with one attached hydrogen (secondary N) is 1. The largest absolute Gasteiger partial charge is 0.506 e. The molecule has 0 aliphatic carbocycles. The average Bonchev–Trinajstić information content (AvgIpc) is 3.00. The molecule has 2 N–H and O–H groups in total. The summed E-state index contributed by atoms with van der Waals surface area (Å²) in [7, 11) is 0. The Labute approximate surface area is 232 Å². The van der Waals surface area contributed by atoms with Crippen LogP contribution in [0.15, 0.2) is 97.1 Å². The van der Waals surface area contributed by atoms with E-state index in [9.17, 15) is 19.1 Å². The highest BCUT2D eigenvalue weighted by molar-refractivity contribution is 6.10. The number of benzene rings is 4. The van der Waals surface area contributed by atoms with Crippen molar-refractivity contribution in [3.8, 4) is 16.9 Å². The molecule has 4 aromatic rings. The van der Waals surface area contributed by atoms with Crippen molar-refractivity contribution in [1.29, 1.82) is 0 Å². The van der Waals surface area contributed by atoms with Crippen LogP contribution in [-0.4, -0.2) is 61.2 Å². The number of halogens is 1. The molecule has 0 spiro atoms. The molecule has 0 aromatic heterocycles. The number of hydrogen-bond donors (Lipinski definition) is 2. The highest BCUT2D eigenvalue weighted by Crippen LogP contribution is 2.29. The summed E-state index contributed by atoms with van der Waals surface area (Å²) < 4.78 is 19.0. The minimum atomic E-state index is -0.393. The molecular weight excluding hydrogens is 509 g/mol. The van der Waals surface area contributed by atoms with Gasteiger partial charge in [0.05, 0.1) is 18.9 Å². The summed E-state index contributed by atoms with van der Waals surface area (Å²) in [4.78, 5) is 30.6. The number of hydrogen-bond acceptors (Lipinski definition) is 5. The molecule has 204 valence electrons. The number of carbonyl (C=O) groups is 2. The van der Waals surface area contributed by atoms with Gasteiger partial charge in [-0.25, -0.2) is 4.39 Å². The van der Waals surface area contributed by atoms with Crippen molar-refractivity contribution in [2.45, 2.75) is 0 Å². The van der Waals surface area contributed by atoms with Crippen molar-refractivity contribution in [3.63, 3.8) is 0 Å². The Bertz CT molecular complexity index is 1470. The van der Waals surface area contributed by atoms with Gasteiger partial charge in [0.15, 0.2) is 0 Å². The van der Waals surface area contributed by atoms with E-state index in [1.54, 1.807) is 35.2 Å². The number of amides is 2. The van der Waals surface area contributed by atoms with Gasteiger partial charge in [-0.15, -0.1) is 0 Å². The number of phenolic OH excluding ortho intramolecular Hbond substituents is 1. The highest BCUT2D eigenvalue weighted by atomic mass is 19.1. The molecule has 5 rings (SSSR count). The fourth-order valence-corrected chi connectivity index (χ4v) is 4.70. The van der Waals surface area contributed by atoms with Crippen LogP contribution < -0.4 is 10.2 Å². The lowest BCUT2D eigenvalue weighted by molar-refractivity contribution is 0.0391. The Kier molecular flexibility index (Phi) is 8.49. The van der Waals surface area contributed by atoms with Crippen molar-refractivity contribution in [2.75, 3.05) is 49.6 Å². The van der Waals surface area contributed by atoms with Gasteiger partial charge in [-0.05, 0) is 59.7 Å². The van der Waals surface area contributed by atoms with Crippen LogP contribution >= 0.6 is 0 Å². The van der Waals surface area contributed by atoms with Gasteiger partial charge in [0, 0.05) is 43.0 Å². The van der Waals surface area contributed by atoms with E-state index >= 15 is 0 Å². The zero-order valence-corrected chi connectivity index (χ0v) is 21.9. The van der Waals surface area contributed by atoms with Gasteiger partial charge in [0.2, 0.25) is 0 Å². The van der Waals surface area contributed by atoms with Crippen LogP contribution in [0.2, 0.25) is 0 Å². The fourth-order valence-electron chi connectivity index (χ4n) is 4.70. The molecular formula is C32H30FN3O4. The monoisotopic (exact) mass is 539 g/mol. The van der Waals surface area contributed by atoms with Crippen molar-refractivity contribution < 1.29 is 23.8 Å². The lowest BCUT2D eigenvalue weighted by atomic mass is 9.99. The first kappa shape index (κ1) is 27.1. The van der Waals surface area contributed by atoms with Crippen LogP contribution in [-0.2, 0) is 4.74 Å². The second-order valence-corrected chi connectivity index (χ2v) is 9.48. The number of phenols is 1. The minimum Gasteiger partial charge on any atom is -0.506 e. The van der Waals surface area contributed by atoms with E-state index < -0.39 is 5.82 Å². The Balaban J connectivity index is 1.35. The number of rotatable bonds is 8. The molecule has 1 aliphatic heterocycles. The van der Waals surface area contributed by atoms with Crippen LogP contribution in [0.4, 0.5) is 15.8 Å². The molecule has 1 fully saturated rings. The zero-order valence-electron chi connectivity index (χ0n) is 21.9. The second-order valence-electron chi connectivity index (χ2n) is 9.48. The highest BCUT2D eigenvalue weighted by Gasteiger charge is 2.22. The topological polar surface area (TPSA) is 82.1 Å². The summed E-state index contributed by atoms with van der Waals surface area (Å²) in [5, 5.41) is 13.6. The van der Waals surface area contributed by atoms with Gasteiger partial charge in [-0.2, -0.15) is 0 Å². The normalized spacial score (nSPS) is 13.5. The van der Waals surface area contributed by atoms with Crippen molar-refractivity contribution in [2.24, 2.45) is 0 Å². The van der Waals surface area contributed by atoms with E-state index in [-0.39, 0.29) is 28.8 Å². The van der Waals surface area contributed by atoms with E-state index in [0.717, 1.165) is 24.2 Å². The first-order chi connectivity index (χ1) is 19.5. The number of carbonyl (C=O) groups excluding carboxylic acids is 2. The van der Waals surface area contributed by atoms with Gasteiger partial charge in [0.1, 0.15) is 11.6 Å². The van der Waals surface area contributed by atoms with E-state index in [2.05, 4.69) is 10.2 Å². The standard InChI is InChI=1S/C32H30FN3O4/c33-25-11-13-26(14-12-25)36(17-16-35-18-20-40-21-19-35)32(39)24-10-15-29(30(37)22-24)34-31(38)28-9-5-4-8-27(28)23-6-2-1-3-7-23/h1-15,22,37H,16-21H2,(H,34,38). The number of aromatic hydroxyl groups is 1. The summed E-state index contributed by atoms with van der Waals surface area (Å²) in [6.07, 6.45) is 0. The second kappa shape index (κ2) is 12.5. The molecule has 1 saturated heterocycles. The SMILES string of the molecule is O=C(Nc1ccc(C(=O)N(CCN2CCOCC2)c2ccc(F)cc2)cc1O)c1ccccc1-c1ccccc1. The minimum absolute atomic E-state index is 0.186. The number of nitrogens with zero attached hydrogens (tertiary/aromatic N) is 2. The third-order valence-electron chi connectivity index (χ3n) is 6.88. The lowest BCUT2D eigenvalue weighted by Gasteiger charge is -2.30. The Hall–Kier alpha value is -4.53. The van der Waals surface area contributed by atoms with E-state index in [1.165, 1.54) is 24.3 Å². The van der Waals surface area contributed by atoms with Crippen molar-refractivity contribution >= 4 is 23.2 Å². The summed E-state index contributed by atoms with van der Waals surface area (Å²) in [5.41, 5.74) is 3.10. The summed E-state index contributed by atoms with van der Waals surface area (Å²) in [5.74, 6) is -1.35. The van der Waals surface area contributed by atoms with Gasteiger partial charge in [0.25, 0.3) is 11.8 Å². The third kappa shape index (κ3) is 6.36. The predicted octanol–water partition coefficient (Wildman–Crippen LogP) is 5.43. The quantitative estimate of drug-likeness (QED) is 0.292. The van der Waals surface area contributed by atoms with Crippen LogP contribution in [0.3, 0.4) is 0 Å². The van der Waals surface area contributed by atoms with Gasteiger partial charge >= 0.3 is 0 Å². The molecule has 0 radical (unpaired) electrons. The molecule has 1 heterocycles. The molecule has 0 bridgehead atoms. The third-order valence-corrected chi connectivity index (χ3v) is 6.88. The van der Waals surface area contributed by atoms with Crippen molar-refractivity contribution in [1.82, 2.24) is 4.90 Å². The molecule has 7 nitrogen and oxygen atoms in total. The lowest BCUT2D eigenvalue weighted by Crippen LogP contribution is -2.43. The van der Waals surface area contributed by atoms with Crippen LogP contribution in [0.5, 0.6) is 5.75 Å². The Morgan fingerprint density at radius 2 is 1.60 bits per heavy atom. The molecule has 0 atom stereocenters. The summed E-state index contributed by atoms with van der Waals surface area (Å²) >= 11 is 0.